The van der Waals surface area contributed by atoms with Crippen LogP contribution in [0.5, 0.6) is 0 Å². The van der Waals surface area contributed by atoms with Crippen LogP contribution in [0, 0.1) is 0 Å². The third-order valence-corrected chi connectivity index (χ3v) is 4.98. The highest BCUT2D eigenvalue weighted by Gasteiger charge is 2.25. The predicted molar refractivity (Wildman–Crippen MR) is 106 cm³/mol. The van der Waals surface area contributed by atoms with E-state index in [-0.39, 0.29) is 17.6 Å². The van der Waals surface area contributed by atoms with Crippen molar-refractivity contribution in [3.05, 3.63) is 59.7 Å². The number of benzene rings is 2. The molecule has 5 nitrogen and oxygen atoms in total. The van der Waals surface area contributed by atoms with Crippen LogP contribution in [0.1, 0.15) is 42.1 Å². The van der Waals surface area contributed by atoms with Gasteiger partial charge in [-0.1, -0.05) is 18.2 Å². The molecule has 0 radical (unpaired) electrons. The molecule has 2 aromatic carbocycles. The first-order valence-corrected chi connectivity index (χ1v) is 9.23. The smallest absolute Gasteiger partial charge is 0.227 e. The summed E-state index contributed by atoms with van der Waals surface area (Å²) < 4.78 is 0. The van der Waals surface area contributed by atoms with Gasteiger partial charge in [-0.25, -0.2) is 0 Å². The quantitative estimate of drug-likeness (QED) is 0.736. The fraction of sp³-hybridized carbons (Fsp3) is 0.318. The number of ketones is 1. The molecule has 0 unspecified atom stereocenters. The lowest BCUT2D eigenvalue weighted by molar-refractivity contribution is -0.119. The molecule has 2 aromatic rings. The number of fused-ring (bicyclic) bond motifs is 1. The number of amides is 2. The maximum Gasteiger partial charge on any atom is 0.227 e. The molecule has 0 saturated heterocycles. The minimum atomic E-state index is 0.00178. The van der Waals surface area contributed by atoms with E-state index < -0.39 is 0 Å². The molecule has 0 N–H and O–H groups in total. The van der Waals surface area contributed by atoms with Gasteiger partial charge in [0.25, 0.3) is 0 Å². The van der Waals surface area contributed by atoms with Crippen LogP contribution >= 0.6 is 0 Å². The topological polar surface area (TPSA) is 57.7 Å². The molecule has 1 heterocycles. The minimum absolute atomic E-state index is 0.00178. The van der Waals surface area contributed by atoms with Crippen molar-refractivity contribution < 1.29 is 14.4 Å². The molecule has 0 fully saturated rings. The Labute approximate surface area is 159 Å². The van der Waals surface area contributed by atoms with Crippen LogP contribution in [0.3, 0.4) is 0 Å². The van der Waals surface area contributed by atoms with Crippen molar-refractivity contribution >= 4 is 29.0 Å². The molecule has 0 atom stereocenters. The highest BCUT2D eigenvalue weighted by Crippen LogP contribution is 2.30. The molecule has 140 valence electrons. The number of hydrogen-bond acceptors (Lipinski definition) is 3. The summed E-state index contributed by atoms with van der Waals surface area (Å²) in [6.45, 7) is 2.18. The Hall–Kier alpha value is -2.95. The van der Waals surface area contributed by atoms with Crippen LogP contribution in [0.15, 0.2) is 48.5 Å². The van der Waals surface area contributed by atoms with Crippen molar-refractivity contribution in [1.82, 2.24) is 0 Å². The van der Waals surface area contributed by atoms with Gasteiger partial charge in [0.15, 0.2) is 5.78 Å². The second-order valence-electron chi connectivity index (χ2n) is 6.84. The number of rotatable bonds is 6. The SMILES string of the molecule is CC(=O)c1ccc2c(c1)CCN2C(=O)CCCC(=O)N(C)c1ccccc1. The highest BCUT2D eigenvalue weighted by molar-refractivity contribution is 5.99. The number of para-hydroxylation sites is 1. The van der Waals surface area contributed by atoms with Crippen molar-refractivity contribution in [3.63, 3.8) is 0 Å². The first-order chi connectivity index (χ1) is 13.0. The maximum absolute atomic E-state index is 12.6. The van der Waals surface area contributed by atoms with Crippen LogP contribution in [-0.4, -0.2) is 31.2 Å². The van der Waals surface area contributed by atoms with E-state index in [9.17, 15) is 14.4 Å². The zero-order valence-electron chi connectivity index (χ0n) is 15.8. The monoisotopic (exact) mass is 364 g/mol. The van der Waals surface area contributed by atoms with E-state index in [1.165, 1.54) is 0 Å². The molecule has 5 heteroatoms. The van der Waals surface area contributed by atoms with E-state index in [4.69, 9.17) is 0 Å². The van der Waals surface area contributed by atoms with Crippen molar-refractivity contribution in [3.8, 4) is 0 Å². The van der Waals surface area contributed by atoms with Crippen LogP contribution in [-0.2, 0) is 16.0 Å². The molecule has 0 spiro atoms. The second-order valence-corrected chi connectivity index (χ2v) is 6.84. The third kappa shape index (κ3) is 4.25. The van der Waals surface area contributed by atoms with Gasteiger partial charge in [-0.3, -0.25) is 14.4 Å². The van der Waals surface area contributed by atoms with Gasteiger partial charge in [0.05, 0.1) is 0 Å². The highest BCUT2D eigenvalue weighted by atomic mass is 16.2. The zero-order chi connectivity index (χ0) is 19.4. The summed E-state index contributed by atoms with van der Waals surface area (Å²) >= 11 is 0. The molecule has 0 saturated carbocycles. The van der Waals surface area contributed by atoms with Crippen molar-refractivity contribution in [2.24, 2.45) is 0 Å². The number of Topliss-reactive ketones (excluding diaryl/α,β-unsaturated/α-hetero) is 1. The molecule has 3 rings (SSSR count). The minimum Gasteiger partial charge on any atom is -0.316 e. The average molecular weight is 364 g/mol. The van der Waals surface area contributed by atoms with E-state index in [0.29, 0.717) is 31.4 Å². The zero-order valence-corrected chi connectivity index (χ0v) is 15.8. The number of carbonyl (C=O) groups is 3. The molecule has 27 heavy (non-hydrogen) atoms. The van der Waals surface area contributed by atoms with Gasteiger partial charge in [0.1, 0.15) is 0 Å². The molecule has 0 aliphatic carbocycles. The summed E-state index contributed by atoms with van der Waals surface area (Å²) in [6, 6.07) is 15.0. The molecule has 1 aliphatic heterocycles. The van der Waals surface area contributed by atoms with Crippen LogP contribution in [0.25, 0.3) is 0 Å². The van der Waals surface area contributed by atoms with Gasteiger partial charge in [0.2, 0.25) is 11.8 Å². The predicted octanol–water partition coefficient (Wildman–Crippen LogP) is 3.61. The summed E-state index contributed by atoms with van der Waals surface area (Å²) in [4.78, 5) is 39.8. The van der Waals surface area contributed by atoms with Crippen LogP contribution in [0.4, 0.5) is 11.4 Å². The first kappa shape index (κ1) is 18.8. The van der Waals surface area contributed by atoms with E-state index in [1.54, 1.807) is 29.8 Å². The third-order valence-electron chi connectivity index (χ3n) is 4.98. The van der Waals surface area contributed by atoms with Gasteiger partial charge < -0.3 is 9.80 Å². The fourth-order valence-electron chi connectivity index (χ4n) is 3.37. The Morgan fingerprint density at radius 2 is 1.78 bits per heavy atom. The molecule has 1 aliphatic rings. The Bertz CT molecular complexity index is 861. The summed E-state index contributed by atoms with van der Waals surface area (Å²) in [5.74, 6) is 0.0602. The van der Waals surface area contributed by atoms with Gasteiger partial charge in [-0.15, -0.1) is 0 Å². The van der Waals surface area contributed by atoms with Crippen LogP contribution in [0.2, 0.25) is 0 Å². The summed E-state index contributed by atoms with van der Waals surface area (Å²) in [7, 11) is 1.75. The average Bonchev–Trinajstić information content (AvgIpc) is 3.11. The Kier molecular flexibility index (Phi) is 5.69. The lowest BCUT2D eigenvalue weighted by atomic mass is 10.1. The number of carbonyl (C=O) groups excluding carboxylic acids is 3. The Balaban J connectivity index is 1.54. The van der Waals surface area contributed by atoms with E-state index >= 15 is 0 Å². The molecular weight excluding hydrogens is 340 g/mol. The van der Waals surface area contributed by atoms with Crippen molar-refractivity contribution in [1.29, 1.82) is 0 Å². The second kappa shape index (κ2) is 8.16. The van der Waals surface area contributed by atoms with E-state index in [0.717, 1.165) is 23.4 Å². The Morgan fingerprint density at radius 1 is 1.04 bits per heavy atom. The van der Waals surface area contributed by atoms with E-state index in [1.807, 2.05) is 42.5 Å². The van der Waals surface area contributed by atoms with Crippen molar-refractivity contribution in [2.75, 3.05) is 23.4 Å². The maximum atomic E-state index is 12.6. The summed E-state index contributed by atoms with van der Waals surface area (Å²) in [6.07, 6.45) is 1.95. The normalized spacial score (nSPS) is 12.6. The Morgan fingerprint density at radius 3 is 2.48 bits per heavy atom. The lowest BCUT2D eigenvalue weighted by Gasteiger charge is -2.19. The van der Waals surface area contributed by atoms with Crippen LogP contribution < -0.4 is 9.80 Å². The van der Waals surface area contributed by atoms with Crippen molar-refractivity contribution in [2.45, 2.75) is 32.6 Å². The van der Waals surface area contributed by atoms with Gasteiger partial charge in [-0.2, -0.15) is 0 Å². The van der Waals surface area contributed by atoms with Gasteiger partial charge in [-0.05, 0) is 55.7 Å². The standard InChI is InChI=1S/C22H24N2O3/c1-16(25)17-11-12-20-18(15-17)13-14-24(20)22(27)10-6-9-21(26)23(2)19-7-4-3-5-8-19/h3-5,7-8,11-12,15H,6,9-10,13-14H2,1-2H3. The first-order valence-electron chi connectivity index (χ1n) is 9.23. The van der Waals surface area contributed by atoms with E-state index in [2.05, 4.69) is 0 Å². The van der Waals surface area contributed by atoms with Gasteiger partial charge >= 0.3 is 0 Å². The molecule has 2 amide bonds. The molecular formula is C22H24N2O3. The number of hydrogen-bond donors (Lipinski definition) is 0. The summed E-state index contributed by atoms with van der Waals surface area (Å²) in [5.41, 5.74) is 3.45. The number of nitrogens with zero attached hydrogens (tertiary/aromatic N) is 2. The summed E-state index contributed by atoms with van der Waals surface area (Å²) in [5, 5.41) is 0. The fourth-order valence-corrected chi connectivity index (χ4v) is 3.37. The molecule has 0 bridgehead atoms. The lowest BCUT2D eigenvalue weighted by Crippen LogP contribution is -2.30. The van der Waals surface area contributed by atoms with Gasteiger partial charge in [0, 0.05) is 43.4 Å². The largest absolute Gasteiger partial charge is 0.316 e. The number of anilines is 2. The molecule has 0 aromatic heterocycles.